The van der Waals surface area contributed by atoms with Gasteiger partial charge in [0.15, 0.2) is 17.1 Å². The summed E-state index contributed by atoms with van der Waals surface area (Å²) in [6, 6.07) is 15.3. The third-order valence-corrected chi connectivity index (χ3v) is 5.97. The number of anilines is 1. The number of benzene rings is 2. The molecular weight excluding hydrogens is 415 g/mol. The van der Waals surface area contributed by atoms with Crippen LogP contribution in [0.2, 0.25) is 0 Å². The third kappa shape index (κ3) is 5.85. The monoisotopic (exact) mass is 442 g/mol. The third-order valence-electron chi connectivity index (χ3n) is 4.65. The summed E-state index contributed by atoms with van der Waals surface area (Å²) in [7, 11) is 0. The molecule has 2 atom stereocenters. The van der Waals surface area contributed by atoms with E-state index in [1.165, 1.54) is 23.9 Å². The number of halogens is 1. The average molecular weight is 443 g/mol. The molecule has 1 amide bonds. The molecule has 0 saturated heterocycles. The highest BCUT2D eigenvalue weighted by Gasteiger charge is 2.26. The normalized spacial score (nSPS) is 13.1. The minimum Gasteiger partial charge on any atom is -0.483 e. The molecule has 1 heterocycles. The maximum absolute atomic E-state index is 13.2. The van der Waals surface area contributed by atoms with Gasteiger partial charge in [0.1, 0.15) is 11.6 Å². The molecule has 164 valence electrons. The number of thioether (sulfide) groups is 1. The number of rotatable bonds is 9. The Morgan fingerprint density at radius 2 is 1.77 bits per heavy atom. The molecule has 0 aliphatic rings. The van der Waals surface area contributed by atoms with Gasteiger partial charge in [-0.05, 0) is 63.6 Å². The van der Waals surface area contributed by atoms with Crippen molar-refractivity contribution in [2.45, 2.75) is 56.7 Å². The maximum atomic E-state index is 13.2. The Morgan fingerprint density at radius 3 is 2.39 bits per heavy atom. The number of carbonyl (C=O) groups is 1. The molecular formula is C23H27FN4O2S. The summed E-state index contributed by atoms with van der Waals surface area (Å²) in [5, 5.41) is 12.0. The molecule has 3 rings (SSSR count). The molecule has 0 aliphatic carbocycles. The molecule has 0 aliphatic heterocycles. The molecule has 6 nitrogen and oxygen atoms in total. The van der Waals surface area contributed by atoms with E-state index in [1.54, 1.807) is 12.1 Å². The standard InChI is InChI=1S/C23H27FN4O2S/c1-5-20(22(29)25-18-9-7-6-8-10-18)31-23-27-26-21(28(23)15(2)3)16(4)30-19-13-11-17(24)12-14-19/h6-16,20H,5H2,1-4H3,(H,25,29). The first-order valence-electron chi connectivity index (χ1n) is 10.3. The number of nitrogens with zero attached hydrogens (tertiary/aromatic N) is 3. The van der Waals surface area contributed by atoms with Gasteiger partial charge in [-0.3, -0.25) is 4.79 Å². The Morgan fingerprint density at radius 1 is 1.10 bits per heavy atom. The molecule has 3 aromatic rings. The summed E-state index contributed by atoms with van der Waals surface area (Å²) in [5.74, 6) is 0.813. The Kier molecular flexibility index (Phi) is 7.68. The zero-order valence-corrected chi connectivity index (χ0v) is 18.9. The second kappa shape index (κ2) is 10.4. The van der Waals surface area contributed by atoms with E-state index in [0.29, 0.717) is 23.2 Å². The summed E-state index contributed by atoms with van der Waals surface area (Å²) in [6.45, 7) is 7.92. The molecule has 1 N–H and O–H groups in total. The molecule has 1 aromatic heterocycles. The fraction of sp³-hybridized carbons (Fsp3) is 0.348. The van der Waals surface area contributed by atoms with Gasteiger partial charge in [-0.15, -0.1) is 10.2 Å². The van der Waals surface area contributed by atoms with Gasteiger partial charge in [0, 0.05) is 11.7 Å². The van der Waals surface area contributed by atoms with Gasteiger partial charge in [-0.1, -0.05) is 36.9 Å². The van der Waals surface area contributed by atoms with Crippen molar-refractivity contribution in [2.75, 3.05) is 5.32 Å². The van der Waals surface area contributed by atoms with Crippen LogP contribution >= 0.6 is 11.8 Å². The predicted octanol–water partition coefficient (Wildman–Crippen LogP) is 5.65. The Hall–Kier alpha value is -2.87. The number of hydrogen-bond donors (Lipinski definition) is 1. The minimum absolute atomic E-state index is 0.0708. The van der Waals surface area contributed by atoms with Gasteiger partial charge in [0.25, 0.3) is 0 Å². The molecule has 0 saturated carbocycles. The van der Waals surface area contributed by atoms with E-state index in [0.717, 1.165) is 5.69 Å². The zero-order chi connectivity index (χ0) is 22.4. The van der Waals surface area contributed by atoms with E-state index in [4.69, 9.17) is 4.74 Å². The van der Waals surface area contributed by atoms with E-state index in [-0.39, 0.29) is 23.0 Å². The summed E-state index contributed by atoms with van der Waals surface area (Å²) >= 11 is 1.39. The van der Waals surface area contributed by atoms with Crippen molar-refractivity contribution in [1.82, 2.24) is 14.8 Å². The Bertz CT molecular complexity index is 993. The van der Waals surface area contributed by atoms with Crippen LogP contribution in [0, 0.1) is 5.82 Å². The largest absolute Gasteiger partial charge is 0.483 e. The van der Waals surface area contributed by atoms with E-state index < -0.39 is 6.10 Å². The van der Waals surface area contributed by atoms with Crippen molar-refractivity contribution < 1.29 is 13.9 Å². The summed E-state index contributed by atoms with van der Waals surface area (Å²) in [5.41, 5.74) is 0.763. The van der Waals surface area contributed by atoms with E-state index in [2.05, 4.69) is 15.5 Å². The quantitative estimate of drug-likeness (QED) is 0.434. The van der Waals surface area contributed by atoms with E-state index in [9.17, 15) is 9.18 Å². The number of carbonyl (C=O) groups excluding carboxylic acids is 1. The first-order valence-corrected chi connectivity index (χ1v) is 11.2. The fourth-order valence-corrected chi connectivity index (χ4v) is 4.19. The number of hydrogen-bond acceptors (Lipinski definition) is 5. The topological polar surface area (TPSA) is 69.0 Å². The molecule has 0 fully saturated rings. The lowest BCUT2D eigenvalue weighted by Gasteiger charge is -2.20. The Balaban J connectivity index is 1.77. The molecule has 0 spiro atoms. The first-order chi connectivity index (χ1) is 14.9. The average Bonchev–Trinajstić information content (AvgIpc) is 3.18. The van der Waals surface area contributed by atoms with Crippen molar-refractivity contribution >= 4 is 23.4 Å². The van der Waals surface area contributed by atoms with Crippen LogP contribution in [-0.4, -0.2) is 25.9 Å². The van der Waals surface area contributed by atoms with Gasteiger partial charge in [0.05, 0.1) is 5.25 Å². The second-order valence-corrected chi connectivity index (χ2v) is 8.56. The van der Waals surface area contributed by atoms with Gasteiger partial charge < -0.3 is 14.6 Å². The van der Waals surface area contributed by atoms with Crippen molar-refractivity contribution in [3.8, 4) is 5.75 Å². The second-order valence-electron chi connectivity index (χ2n) is 7.39. The summed E-state index contributed by atoms with van der Waals surface area (Å²) in [6.07, 6.45) is 0.249. The predicted molar refractivity (Wildman–Crippen MR) is 121 cm³/mol. The SMILES string of the molecule is CCC(Sc1nnc(C(C)Oc2ccc(F)cc2)n1C(C)C)C(=O)Nc1ccccc1. The number of para-hydroxylation sites is 1. The maximum Gasteiger partial charge on any atom is 0.237 e. The van der Waals surface area contributed by atoms with Crippen LogP contribution in [0.25, 0.3) is 0 Å². The van der Waals surface area contributed by atoms with E-state index >= 15 is 0 Å². The van der Waals surface area contributed by atoms with Gasteiger partial charge in [-0.25, -0.2) is 4.39 Å². The van der Waals surface area contributed by atoms with Crippen LogP contribution < -0.4 is 10.1 Å². The fourth-order valence-electron chi connectivity index (χ4n) is 3.10. The molecule has 31 heavy (non-hydrogen) atoms. The summed E-state index contributed by atoms with van der Waals surface area (Å²) in [4.78, 5) is 12.8. The highest BCUT2D eigenvalue weighted by atomic mass is 32.2. The van der Waals surface area contributed by atoms with Crippen LogP contribution in [0.3, 0.4) is 0 Å². The number of aromatic nitrogens is 3. The van der Waals surface area contributed by atoms with E-state index in [1.807, 2.05) is 62.6 Å². The van der Waals surface area contributed by atoms with Crippen molar-refractivity contribution in [3.05, 3.63) is 66.2 Å². The van der Waals surface area contributed by atoms with Gasteiger partial charge in [0.2, 0.25) is 5.91 Å². The van der Waals surface area contributed by atoms with Crippen LogP contribution in [-0.2, 0) is 4.79 Å². The molecule has 0 bridgehead atoms. The zero-order valence-electron chi connectivity index (χ0n) is 18.1. The van der Waals surface area contributed by atoms with Crippen molar-refractivity contribution in [2.24, 2.45) is 0 Å². The number of ether oxygens (including phenoxy) is 1. The van der Waals surface area contributed by atoms with Crippen LogP contribution in [0.5, 0.6) is 5.75 Å². The molecule has 2 aromatic carbocycles. The van der Waals surface area contributed by atoms with Crippen molar-refractivity contribution in [1.29, 1.82) is 0 Å². The van der Waals surface area contributed by atoms with Crippen LogP contribution in [0.1, 0.15) is 52.1 Å². The highest BCUT2D eigenvalue weighted by molar-refractivity contribution is 8.00. The molecule has 8 heteroatoms. The minimum atomic E-state index is -0.395. The molecule has 2 unspecified atom stereocenters. The molecule has 0 radical (unpaired) electrons. The van der Waals surface area contributed by atoms with Gasteiger partial charge >= 0.3 is 0 Å². The smallest absolute Gasteiger partial charge is 0.237 e. The first kappa shape index (κ1) is 22.8. The lowest BCUT2D eigenvalue weighted by molar-refractivity contribution is -0.115. The number of nitrogens with one attached hydrogen (secondary N) is 1. The van der Waals surface area contributed by atoms with Crippen LogP contribution in [0.15, 0.2) is 59.8 Å². The van der Waals surface area contributed by atoms with Gasteiger partial charge in [-0.2, -0.15) is 0 Å². The number of amides is 1. The lowest BCUT2D eigenvalue weighted by Crippen LogP contribution is -2.25. The highest BCUT2D eigenvalue weighted by Crippen LogP contribution is 2.31. The van der Waals surface area contributed by atoms with Crippen LogP contribution in [0.4, 0.5) is 10.1 Å². The lowest BCUT2D eigenvalue weighted by atomic mass is 10.3. The van der Waals surface area contributed by atoms with Crippen molar-refractivity contribution in [3.63, 3.8) is 0 Å². The Labute approximate surface area is 186 Å². The summed E-state index contributed by atoms with van der Waals surface area (Å²) < 4.78 is 21.1.